The summed E-state index contributed by atoms with van der Waals surface area (Å²) < 4.78 is 15.5. The Morgan fingerprint density at radius 1 is 1.29 bits per heavy atom. The zero-order valence-electron chi connectivity index (χ0n) is 15.8. The number of carbonyl (C=O) groups is 2. The van der Waals surface area contributed by atoms with Gasteiger partial charge in [-0.15, -0.1) is 0 Å². The van der Waals surface area contributed by atoms with Gasteiger partial charge < -0.3 is 14.8 Å². The van der Waals surface area contributed by atoms with Crippen LogP contribution in [-0.4, -0.2) is 51.1 Å². The van der Waals surface area contributed by atoms with Gasteiger partial charge in [-0.25, -0.2) is 4.39 Å². The Bertz CT molecular complexity index is 884. The number of H-pyrrole nitrogens is 1. The summed E-state index contributed by atoms with van der Waals surface area (Å²) in [4.78, 5) is 26.6. The zero-order valence-corrected chi connectivity index (χ0v) is 16.6. The van der Waals surface area contributed by atoms with E-state index in [1.165, 1.54) is 24.3 Å². The van der Waals surface area contributed by atoms with Crippen LogP contribution in [0.1, 0.15) is 35.9 Å². The van der Waals surface area contributed by atoms with E-state index in [-0.39, 0.29) is 23.5 Å². The molecule has 0 aliphatic carbocycles. The predicted octanol–water partition coefficient (Wildman–Crippen LogP) is 2.31. The van der Waals surface area contributed by atoms with Gasteiger partial charge in [0, 0.05) is 44.1 Å². The van der Waals surface area contributed by atoms with Gasteiger partial charge in [0.25, 0.3) is 5.91 Å². The van der Waals surface area contributed by atoms with Gasteiger partial charge in [0.1, 0.15) is 11.6 Å². The third-order valence-corrected chi connectivity index (χ3v) is 5.36. The highest BCUT2D eigenvalue weighted by molar-refractivity contribution is 7.71. The fourth-order valence-electron chi connectivity index (χ4n) is 3.43. The minimum atomic E-state index is -0.366. The molecule has 1 aromatic heterocycles. The van der Waals surface area contributed by atoms with Crippen molar-refractivity contribution in [1.29, 1.82) is 0 Å². The van der Waals surface area contributed by atoms with Crippen LogP contribution in [0.25, 0.3) is 0 Å². The molecule has 1 aliphatic heterocycles. The van der Waals surface area contributed by atoms with Crippen molar-refractivity contribution in [2.45, 2.75) is 32.7 Å². The number of amides is 2. The molecule has 1 aliphatic rings. The Kier molecular flexibility index (Phi) is 6.56. The molecule has 28 heavy (non-hydrogen) atoms. The minimum absolute atomic E-state index is 0.00561. The van der Waals surface area contributed by atoms with E-state index in [9.17, 15) is 14.0 Å². The van der Waals surface area contributed by atoms with Gasteiger partial charge in [0.05, 0.1) is 0 Å². The largest absolute Gasteiger partial charge is 0.355 e. The first-order chi connectivity index (χ1) is 13.5. The van der Waals surface area contributed by atoms with Crippen LogP contribution in [0.15, 0.2) is 24.3 Å². The predicted molar refractivity (Wildman–Crippen MR) is 105 cm³/mol. The Balaban J connectivity index is 1.45. The van der Waals surface area contributed by atoms with Crippen molar-refractivity contribution in [3.05, 3.63) is 46.2 Å². The smallest absolute Gasteiger partial charge is 0.253 e. The molecule has 0 saturated carbocycles. The van der Waals surface area contributed by atoms with Gasteiger partial charge in [-0.3, -0.25) is 14.7 Å². The molecule has 0 atom stereocenters. The van der Waals surface area contributed by atoms with E-state index >= 15 is 0 Å². The van der Waals surface area contributed by atoms with Crippen LogP contribution in [0.5, 0.6) is 0 Å². The maximum Gasteiger partial charge on any atom is 0.253 e. The van der Waals surface area contributed by atoms with Crippen LogP contribution >= 0.6 is 12.2 Å². The molecule has 0 radical (unpaired) electrons. The number of hydrogen-bond acceptors (Lipinski definition) is 4. The van der Waals surface area contributed by atoms with E-state index in [2.05, 4.69) is 15.5 Å². The van der Waals surface area contributed by atoms with Gasteiger partial charge in [-0.1, -0.05) is 0 Å². The molecule has 9 heteroatoms. The lowest BCUT2D eigenvalue weighted by Gasteiger charge is -2.31. The number of likely N-dealkylation sites (tertiary alicyclic amines) is 1. The average molecular weight is 405 g/mol. The summed E-state index contributed by atoms with van der Waals surface area (Å²) in [6, 6.07) is 5.54. The Hall–Kier alpha value is -2.55. The molecule has 3 rings (SSSR count). The minimum Gasteiger partial charge on any atom is -0.355 e. The van der Waals surface area contributed by atoms with Gasteiger partial charge in [0.15, 0.2) is 4.77 Å². The highest BCUT2D eigenvalue weighted by Crippen LogP contribution is 2.19. The van der Waals surface area contributed by atoms with Gasteiger partial charge in [-0.2, -0.15) is 5.10 Å². The van der Waals surface area contributed by atoms with Crippen LogP contribution in [0.4, 0.5) is 4.39 Å². The molecule has 1 saturated heterocycles. The lowest BCUT2D eigenvalue weighted by Crippen LogP contribution is -2.43. The van der Waals surface area contributed by atoms with E-state index in [4.69, 9.17) is 12.2 Å². The molecule has 7 nitrogen and oxygen atoms in total. The highest BCUT2D eigenvalue weighted by atomic mass is 32.1. The maximum atomic E-state index is 13.0. The van der Waals surface area contributed by atoms with Crippen LogP contribution in [-0.2, 0) is 17.8 Å². The van der Waals surface area contributed by atoms with Crippen LogP contribution in [0.3, 0.4) is 0 Å². The standard InChI is InChI=1S/C19H24FN5O2S/c1-2-25-16(22-23-19(25)28)7-10-21-17(26)13-8-11-24(12-9-13)18(27)14-3-5-15(20)6-4-14/h3-6,13H,2,7-12H2,1H3,(H,21,26)(H,23,28). The van der Waals surface area contributed by atoms with E-state index in [1.807, 2.05) is 11.5 Å². The fourth-order valence-corrected chi connectivity index (χ4v) is 3.71. The number of aromatic nitrogens is 3. The summed E-state index contributed by atoms with van der Waals surface area (Å²) in [6.07, 6.45) is 1.84. The van der Waals surface area contributed by atoms with Crippen LogP contribution in [0, 0.1) is 16.5 Å². The van der Waals surface area contributed by atoms with E-state index in [0.29, 0.717) is 49.2 Å². The molecule has 2 amide bonds. The van der Waals surface area contributed by atoms with E-state index < -0.39 is 0 Å². The number of nitrogens with zero attached hydrogens (tertiary/aromatic N) is 3. The first-order valence-electron chi connectivity index (χ1n) is 9.46. The number of rotatable bonds is 6. The fraction of sp³-hybridized carbons (Fsp3) is 0.474. The maximum absolute atomic E-state index is 13.0. The normalized spacial score (nSPS) is 14.9. The number of benzene rings is 1. The SMILES string of the molecule is CCn1c(CCNC(=O)C2CCN(C(=O)c3ccc(F)cc3)CC2)n[nH]c1=S. The van der Waals surface area contributed by atoms with Crippen molar-refractivity contribution in [3.63, 3.8) is 0 Å². The van der Waals surface area contributed by atoms with Crippen molar-refractivity contribution in [3.8, 4) is 0 Å². The second-order valence-electron chi connectivity index (χ2n) is 6.80. The van der Waals surface area contributed by atoms with Crippen molar-refractivity contribution in [2.75, 3.05) is 19.6 Å². The Morgan fingerprint density at radius 3 is 2.61 bits per heavy atom. The highest BCUT2D eigenvalue weighted by Gasteiger charge is 2.27. The summed E-state index contributed by atoms with van der Waals surface area (Å²) in [5.41, 5.74) is 0.466. The second kappa shape index (κ2) is 9.09. The summed E-state index contributed by atoms with van der Waals surface area (Å²) in [6.45, 7) is 4.26. The molecule has 150 valence electrons. The molecule has 1 fully saturated rings. The van der Waals surface area contributed by atoms with Crippen LogP contribution in [0.2, 0.25) is 0 Å². The van der Waals surface area contributed by atoms with E-state index in [0.717, 1.165) is 12.4 Å². The first-order valence-corrected chi connectivity index (χ1v) is 9.87. The van der Waals surface area contributed by atoms with Crippen molar-refractivity contribution in [2.24, 2.45) is 5.92 Å². The second-order valence-corrected chi connectivity index (χ2v) is 7.19. The van der Waals surface area contributed by atoms with Crippen molar-refractivity contribution < 1.29 is 14.0 Å². The number of nitrogens with one attached hydrogen (secondary N) is 2. The number of aromatic amines is 1. The average Bonchev–Trinajstić information content (AvgIpc) is 3.07. The summed E-state index contributed by atoms with van der Waals surface area (Å²) >= 11 is 5.16. The third kappa shape index (κ3) is 4.64. The Morgan fingerprint density at radius 2 is 1.96 bits per heavy atom. The lowest BCUT2D eigenvalue weighted by atomic mass is 9.95. The number of carbonyl (C=O) groups excluding carboxylic acids is 2. The van der Waals surface area contributed by atoms with Crippen molar-refractivity contribution >= 4 is 24.0 Å². The molecule has 2 heterocycles. The molecule has 0 spiro atoms. The summed E-state index contributed by atoms with van der Waals surface area (Å²) in [5, 5.41) is 9.91. The van der Waals surface area contributed by atoms with Gasteiger partial charge >= 0.3 is 0 Å². The third-order valence-electron chi connectivity index (χ3n) is 5.05. The topological polar surface area (TPSA) is 83.0 Å². The molecular formula is C19H24FN5O2S. The molecule has 2 aromatic rings. The molecule has 0 bridgehead atoms. The molecule has 2 N–H and O–H groups in total. The van der Waals surface area contributed by atoms with E-state index in [1.54, 1.807) is 4.90 Å². The quantitative estimate of drug-likeness (QED) is 0.723. The van der Waals surface area contributed by atoms with Gasteiger partial charge in [0.2, 0.25) is 5.91 Å². The lowest BCUT2D eigenvalue weighted by molar-refractivity contribution is -0.126. The number of hydrogen-bond donors (Lipinski definition) is 2. The Labute approximate surface area is 167 Å². The number of halogens is 1. The van der Waals surface area contributed by atoms with Crippen LogP contribution < -0.4 is 5.32 Å². The monoisotopic (exact) mass is 405 g/mol. The molecule has 0 unspecified atom stereocenters. The van der Waals surface area contributed by atoms with Gasteiger partial charge in [-0.05, 0) is 56.2 Å². The number of piperidine rings is 1. The molecule has 1 aromatic carbocycles. The first kappa shape index (κ1) is 20.2. The summed E-state index contributed by atoms with van der Waals surface area (Å²) in [7, 11) is 0. The zero-order chi connectivity index (χ0) is 20.1. The molecular weight excluding hydrogens is 381 g/mol. The van der Waals surface area contributed by atoms with Crippen molar-refractivity contribution in [1.82, 2.24) is 25.0 Å². The summed E-state index contributed by atoms with van der Waals surface area (Å²) in [5.74, 6) is 0.235.